The van der Waals surface area contributed by atoms with Crippen molar-refractivity contribution in [3.8, 4) is 0 Å². The van der Waals surface area contributed by atoms with Gasteiger partial charge in [-0.15, -0.1) is 0 Å². The first-order chi connectivity index (χ1) is 10.6. The fourth-order valence-electron chi connectivity index (χ4n) is 2.36. The number of carbonyl (C=O) groups is 2. The first-order valence-corrected chi connectivity index (χ1v) is 8.50. The minimum absolute atomic E-state index is 0.00886. The Kier molecular flexibility index (Phi) is 4.37. The maximum Gasteiger partial charge on any atom is 0.308 e. The first-order valence-electron chi connectivity index (χ1n) is 6.61. The van der Waals surface area contributed by atoms with Gasteiger partial charge in [0.1, 0.15) is 0 Å². The van der Waals surface area contributed by atoms with Crippen LogP contribution in [0.5, 0.6) is 0 Å². The van der Waals surface area contributed by atoms with Crippen molar-refractivity contribution in [1.29, 1.82) is 0 Å². The lowest BCUT2D eigenvalue weighted by molar-refractivity contribution is -0.385. The topological polar surface area (TPSA) is 135 Å². The van der Waals surface area contributed by atoms with E-state index in [9.17, 15) is 28.1 Å². The number of likely N-dealkylation sites (tertiary alicyclic amines) is 1. The molecule has 1 aliphatic heterocycles. The van der Waals surface area contributed by atoms with Gasteiger partial charge in [0.15, 0.2) is 9.84 Å². The van der Waals surface area contributed by atoms with Crippen LogP contribution in [0.4, 0.5) is 5.69 Å². The number of amides is 1. The molecule has 0 saturated carbocycles. The monoisotopic (exact) mass is 342 g/mol. The van der Waals surface area contributed by atoms with E-state index in [4.69, 9.17) is 5.11 Å². The standard InChI is InChI=1S/C13H14N2O7S/c1-23(21,22)11-5-9(4-10(6-11)15(19)20)12(16)14-3-2-8(7-14)13(17)18/h4-6,8H,2-3,7H2,1H3,(H,17,18). The summed E-state index contributed by atoms with van der Waals surface area (Å²) in [6, 6.07) is 2.94. The van der Waals surface area contributed by atoms with Gasteiger partial charge in [-0.1, -0.05) is 0 Å². The van der Waals surface area contributed by atoms with Gasteiger partial charge in [0.2, 0.25) is 0 Å². The van der Waals surface area contributed by atoms with Crippen LogP contribution in [0.15, 0.2) is 23.1 Å². The molecule has 1 saturated heterocycles. The molecule has 1 N–H and O–H groups in total. The average Bonchev–Trinajstić information content (AvgIpc) is 2.95. The van der Waals surface area contributed by atoms with E-state index >= 15 is 0 Å². The number of aliphatic carboxylic acids is 1. The average molecular weight is 342 g/mol. The Bertz CT molecular complexity index is 788. The zero-order chi connectivity index (χ0) is 17.4. The molecule has 1 amide bonds. The number of nitro benzene ring substituents is 1. The second-order valence-electron chi connectivity index (χ2n) is 5.32. The molecule has 1 aliphatic rings. The number of nitro groups is 1. The number of non-ortho nitro benzene ring substituents is 1. The summed E-state index contributed by atoms with van der Waals surface area (Å²) in [7, 11) is -3.73. The summed E-state index contributed by atoms with van der Waals surface area (Å²) in [5, 5.41) is 19.9. The number of hydrogen-bond acceptors (Lipinski definition) is 6. The minimum atomic E-state index is -3.73. The Morgan fingerprint density at radius 2 is 2.00 bits per heavy atom. The van der Waals surface area contributed by atoms with E-state index in [1.54, 1.807) is 0 Å². The fourth-order valence-corrected chi connectivity index (χ4v) is 3.03. The summed E-state index contributed by atoms with van der Waals surface area (Å²) in [5.41, 5.74) is -0.657. The molecule has 0 bridgehead atoms. The Balaban J connectivity index is 2.39. The highest BCUT2D eigenvalue weighted by Crippen LogP contribution is 2.24. The third-order valence-corrected chi connectivity index (χ3v) is 4.69. The summed E-state index contributed by atoms with van der Waals surface area (Å²) < 4.78 is 23.2. The van der Waals surface area contributed by atoms with Crippen LogP contribution in [0.2, 0.25) is 0 Å². The van der Waals surface area contributed by atoms with Gasteiger partial charge in [-0.3, -0.25) is 19.7 Å². The van der Waals surface area contributed by atoms with Crippen LogP contribution in [0.25, 0.3) is 0 Å². The van der Waals surface area contributed by atoms with Crippen molar-refractivity contribution >= 4 is 27.4 Å². The predicted molar refractivity (Wildman–Crippen MR) is 77.9 cm³/mol. The minimum Gasteiger partial charge on any atom is -0.481 e. The molecule has 1 unspecified atom stereocenters. The van der Waals surface area contributed by atoms with Crippen LogP contribution in [-0.4, -0.2) is 54.6 Å². The fraction of sp³-hybridized carbons (Fsp3) is 0.385. The van der Waals surface area contributed by atoms with Crippen molar-refractivity contribution in [2.75, 3.05) is 19.3 Å². The second kappa shape index (κ2) is 5.95. The van der Waals surface area contributed by atoms with E-state index in [2.05, 4.69) is 0 Å². The lowest BCUT2D eigenvalue weighted by atomic mass is 10.1. The number of nitrogens with zero attached hydrogens (tertiary/aromatic N) is 2. The van der Waals surface area contributed by atoms with Gasteiger partial charge in [0, 0.05) is 37.0 Å². The Morgan fingerprint density at radius 1 is 1.35 bits per heavy atom. The van der Waals surface area contributed by atoms with Crippen molar-refractivity contribution in [3.05, 3.63) is 33.9 Å². The zero-order valence-electron chi connectivity index (χ0n) is 12.1. The molecule has 23 heavy (non-hydrogen) atoms. The quantitative estimate of drug-likeness (QED) is 0.623. The largest absolute Gasteiger partial charge is 0.481 e. The van der Waals surface area contributed by atoms with E-state index in [0.717, 1.165) is 24.5 Å². The van der Waals surface area contributed by atoms with Gasteiger partial charge in [0.25, 0.3) is 11.6 Å². The van der Waals surface area contributed by atoms with Gasteiger partial charge in [-0.2, -0.15) is 0 Å². The number of hydrogen-bond donors (Lipinski definition) is 1. The predicted octanol–water partition coefficient (Wildman–Crippen LogP) is 0.545. The number of sulfone groups is 1. The number of carbonyl (C=O) groups excluding carboxylic acids is 1. The number of rotatable bonds is 4. The number of carboxylic acid groups (broad SMARTS) is 1. The summed E-state index contributed by atoms with van der Waals surface area (Å²) in [6.45, 7) is 0.192. The third kappa shape index (κ3) is 3.65. The Morgan fingerprint density at radius 3 is 2.48 bits per heavy atom. The van der Waals surface area contributed by atoms with Crippen molar-refractivity contribution in [2.24, 2.45) is 5.92 Å². The molecule has 9 nitrogen and oxygen atoms in total. The van der Waals surface area contributed by atoms with Crippen LogP contribution < -0.4 is 0 Å². The molecular weight excluding hydrogens is 328 g/mol. The second-order valence-corrected chi connectivity index (χ2v) is 7.34. The molecule has 0 aromatic heterocycles. The van der Waals surface area contributed by atoms with Crippen LogP contribution in [0, 0.1) is 16.0 Å². The smallest absolute Gasteiger partial charge is 0.308 e. The van der Waals surface area contributed by atoms with Gasteiger partial charge >= 0.3 is 5.97 Å². The van der Waals surface area contributed by atoms with Gasteiger partial charge < -0.3 is 10.0 Å². The van der Waals surface area contributed by atoms with Crippen molar-refractivity contribution < 1.29 is 28.0 Å². The summed E-state index contributed by atoms with van der Waals surface area (Å²) >= 11 is 0. The van der Waals surface area contributed by atoms with E-state index in [1.165, 1.54) is 4.90 Å². The Hall–Kier alpha value is -2.49. The lowest BCUT2D eigenvalue weighted by Gasteiger charge is -2.16. The van der Waals surface area contributed by atoms with Gasteiger partial charge in [-0.05, 0) is 12.5 Å². The number of carboxylic acids is 1. The van der Waals surface area contributed by atoms with Gasteiger partial charge in [-0.25, -0.2) is 8.42 Å². The van der Waals surface area contributed by atoms with Crippen LogP contribution in [0.1, 0.15) is 16.8 Å². The molecule has 124 valence electrons. The SMILES string of the molecule is CS(=O)(=O)c1cc(C(=O)N2CCC(C(=O)O)C2)cc([N+](=O)[O-])c1. The molecule has 1 aromatic carbocycles. The molecule has 0 aliphatic carbocycles. The van der Waals surface area contributed by atoms with Crippen molar-refractivity contribution in [2.45, 2.75) is 11.3 Å². The molecule has 1 heterocycles. The summed E-state index contributed by atoms with van der Waals surface area (Å²) in [5.74, 6) is -2.33. The third-order valence-electron chi connectivity index (χ3n) is 3.60. The normalized spacial score (nSPS) is 18.0. The van der Waals surface area contributed by atoms with Crippen molar-refractivity contribution in [1.82, 2.24) is 4.90 Å². The highest BCUT2D eigenvalue weighted by molar-refractivity contribution is 7.90. The first kappa shape index (κ1) is 16.9. The van der Waals surface area contributed by atoms with Gasteiger partial charge in [0.05, 0.1) is 15.7 Å². The molecule has 0 spiro atoms. The van der Waals surface area contributed by atoms with E-state index in [-0.39, 0.29) is 30.0 Å². The molecule has 1 atom stereocenters. The van der Waals surface area contributed by atoms with Crippen molar-refractivity contribution in [3.63, 3.8) is 0 Å². The maximum atomic E-state index is 12.4. The summed E-state index contributed by atoms with van der Waals surface area (Å²) in [4.78, 5) is 34.4. The van der Waals surface area contributed by atoms with Crippen LogP contribution >= 0.6 is 0 Å². The highest BCUT2D eigenvalue weighted by atomic mass is 32.2. The van der Waals surface area contributed by atoms with E-state index in [0.29, 0.717) is 0 Å². The molecule has 10 heteroatoms. The van der Waals surface area contributed by atoms with Crippen LogP contribution in [-0.2, 0) is 14.6 Å². The Labute approximate surface area is 131 Å². The highest BCUT2D eigenvalue weighted by Gasteiger charge is 2.32. The molecular formula is C13H14N2O7S. The number of benzene rings is 1. The zero-order valence-corrected chi connectivity index (χ0v) is 12.9. The molecule has 1 fully saturated rings. The van der Waals surface area contributed by atoms with E-state index in [1.807, 2.05) is 0 Å². The molecule has 1 aromatic rings. The molecule has 2 rings (SSSR count). The van der Waals surface area contributed by atoms with Crippen LogP contribution in [0.3, 0.4) is 0 Å². The maximum absolute atomic E-state index is 12.4. The molecule has 0 radical (unpaired) electrons. The lowest BCUT2D eigenvalue weighted by Crippen LogP contribution is -2.30. The van der Waals surface area contributed by atoms with E-state index < -0.39 is 38.2 Å². The summed E-state index contributed by atoms with van der Waals surface area (Å²) in [6.07, 6.45) is 1.17.